The van der Waals surface area contributed by atoms with Crippen molar-refractivity contribution < 1.29 is 47.1 Å². The van der Waals surface area contributed by atoms with Gasteiger partial charge in [-0.1, -0.05) is 65.2 Å². The number of aliphatic carboxylic acids is 2. The van der Waals surface area contributed by atoms with Crippen molar-refractivity contribution in [1.82, 2.24) is 0 Å². The maximum absolute atomic E-state index is 10.0. The van der Waals surface area contributed by atoms with E-state index in [0.29, 0.717) is 12.8 Å². The van der Waals surface area contributed by atoms with E-state index in [2.05, 4.69) is 13.8 Å². The van der Waals surface area contributed by atoms with E-state index < -0.39 is 11.9 Å². The molecule has 0 amide bonds. The largest absolute Gasteiger partial charge is 0.481 e. The number of rotatable bonds is 12. The molecule has 0 aromatic heterocycles. The van der Waals surface area contributed by atoms with Crippen molar-refractivity contribution in [3.8, 4) is 0 Å². The third-order valence-corrected chi connectivity index (χ3v) is 2.99. The summed E-state index contributed by atoms with van der Waals surface area (Å²) in [7, 11) is 0. The number of unbranched alkanes of at least 4 members (excludes halogenated alkanes) is 8. The smallest absolute Gasteiger partial charge is 0.303 e. The van der Waals surface area contributed by atoms with Gasteiger partial charge in [0.05, 0.1) is 0 Å². The molecule has 21 heavy (non-hydrogen) atoms. The summed E-state index contributed by atoms with van der Waals surface area (Å²) in [6, 6.07) is 0. The molecule has 122 valence electrons. The van der Waals surface area contributed by atoms with Crippen molar-refractivity contribution in [2.75, 3.05) is 0 Å². The van der Waals surface area contributed by atoms with Gasteiger partial charge < -0.3 is 10.2 Å². The Morgan fingerprint density at radius 2 is 0.905 bits per heavy atom. The first kappa shape index (κ1) is 25.8. The fraction of sp³-hybridized carbons (Fsp3) is 0.875. The van der Waals surface area contributed by atoms with Crippen molar-refractivity contribution in [2.24, 2.45) is 0 Å². The summed E-state index contributed by atoms with van der Waals surface area (Å²) >= 11 is 0. The van der Waals surface area contributed by atoms with E-state index in [9.17, 15) is 9.59 Å². The molecule has 0 saturated heterocycles. The van der Waals surface area contributed by atoms with Crippen LogP contribution in [0.4, 0.5) is 0 Å². The summed E-state index contributed by atoms with van der Waals surface area (Å²) in [6.07, 6.45) is 11.8. The van der Waals surface area contributed by atoms with Gasteiger partial charge in [-0.15, -0.1) is 0 Å². The van der Waals surface area contributed by atoms with Crippen molar-refractivity contribution in [3.63, 3.8) is 0 Å². The van der Waals surface area contributed by atoms with E-state index in [4.69, 9.17) is 10.2 Å². The fourth-order valence-corrected chi connectivity index (χ4v) is 1.76. The van der Waals surface area contributed by atoms with Crippen LogP contribution in [-0.4, -0.2) is 22.2 Å². The molecule has 0 bridgehead atoms. The maximum atomic E-state index is 10.0. The van der Waals surface area contributed by atoms with E-state index in [0.717, 1.165) is 25.7 Å². The van der Waals surface area contributed by atoms with Crippen LogP contribution < -0.4 is 0 Å². The topological polar surface area (TPSA) is 74.6 Å². The van der Waals surface area contributed by atoms with Gasteiger partial charge in [-0.25, -0.2) is 0 Å². The second kappa shape index (κ2) is 22.1. The minimum absolute atomic E-state index is 0. The minimum atomic E-state index is -0.670. The first-order chi connectivity index (χ1) is 9.54. The Balaban J connectivity index is -0.000000295. The van der Waals surface area contributed by atoms with E-state index in [1.54, 1.807) is 0 Å². The Kier molecular flexibility index (Phi) is 27.2. The molecule has 0 aliphatic rings. The van der Waals surface area contributed by atoms with Crippen LogP contribution in [0.15, 0.2) is 0 Å². The average Bonchev–Trinajstić information content (AvgIpc) is 2.38. The Labute approximate surface area is 149 Å². The number of hydrogen-bond donors (Lipinski definition) is 2. The van der Waals surface area contributed by atoms with Crippen LogP contribution in [0.3, 0.4) is 0 Å². The predicted octanol–water partition coefficient (Wildman–Crippen LogP) is 4.86. The van der Waals surface area contributed by atoms with E-state index >= 15 is 0 Å². The molecule has 0 heterocycles. The molecule has 0 spiro atoms. The summed E-state index contributed by atoms with van der Waals surface area (Å²) in [6.45, 7) is 4.30. The second-order valence-corrected chi connectivity index (χ2v) is 5.12. The van der Waals surface area contributed by atoms with E-state index in [1.165, 1.54) is 38.5 Å². The van der Waals surface area contributed by atoms with E-state index in [1.807, 2.05) is 0 Å². The summed E-state index contributed by atoms with van der Waals surface area (Å²) in [5.41, 5.74) is 0. The molecular weight excluding hydrogens is 369 g/mol. The van der Waals surface area contributed by atoms with Gasteiger partial charge in [0.25, 0.3) is 0 Å². The summed E-state index contributed by atoms with van der Waals surface area (Å²) in [5, 5.41) is 16.5. The molecular formula is C16H32CdO4. The van der Waals surface area contributed by atoms with Crippen LogP contribution in [0.5, 0.6) is 0 Å². The van der Waals surface area contributed by atoms with Crippen LogP contribution in [0, 0.1) is 0 Å². The van der Waals surface area contributed by atoms with Gasteiger partial charge in [-0.05, 0) is 12.8 Å². The van der Waals surface area contributed by atoms with Gasteiger partial charge in [0.2, 0.25) is 0 Å². The Morgan fingerprint density at radius 1 is 0.619 bits per heavy atom. The van der Waals surface area contributed by atoms with E-state index in [-0.39, 0.29) is 27.3 Å². The monoisotopic (exact) mass is 402 g/mol. The zero-order chi connectivity index (χ0) is 15.6. The molecule has 0 rings (SSSR count). The van der Waals surface area contributed by atoms with Gasteiger partial charge in [-0.3, -0.25) is 9.59 Å². The van der Waals surface area contributed by atoms with Gasteiger partial charge in [0, 0.05) is 40.1 Å². The van der Waals surface area contributed by atoms with Crippen molar-refractivity contribution >= 4 is 11.9 Å². The first-order valence-corrected chi connectivity index (χ1v) is 7.98. The fourth-order valence-electron chi connectivity index (χ4n) is 1.76. The molecule has 0 aromatic rings. The Hall–Kier alpha value is -0.138. The Morgan fingerprint density at radius 3 is 1.14 bits per heavy atom. The first-order valence-electron chi connectivity index (χ1n) is 7.98. The molecule has 5 heteroatoms. The van der Waals surface area contributed by atoms with Crippen LogP contribution in [0.2, 0.25) is 0 Å². The molecule has 0 aromatic carbocycles. The van der Waals surface area contributed by atoms with Crippen molar-refractivity contribution in [2.45, 2.75) is 90.9 Å². The van der Waals surface area contributed by atoms with Gasteiger partial charge >= 0.3 is 11.9 Å². The summed E-state index contributed by atoms with van der Waals surface area (Å²) < 4.78 is 0. The van der Waals surface area contributed by atoms with Crippen molar-refractivity contribution in [1.29, 1.82) is 0 Å². The molecule has 0 aliphatic heterocycles. The minimum Gasteiger partial charge on any atom is -0.481 e. The molecule has 0 saturated carbocycles. The molecule has 4 nitrogen and oxygen atoms in total. The second-order valence-electron chi connectivity index (χ2n) is 5.12. The third kappa shape index (κ3) is 33.0. The quantitative estimate of drug-likeness (QED) is 0.362. The molecule has 0 radical (unpaired) electrons. The molecule has 0 fully saturated rings. The van der Waals surface area contributed by atoms with Crippen molar-refractivity contribution in [3.05, 3.63) is 0 Å². The summed E-state index contributed by atoms with van der Waals surface area (Å²) in [5.74, 6) is -1.34. The van der Waals surface area contributed by atoms with Crippen LogP contribution in [-0.2, 0) is 36.9 Å². The molecule has 0 aliphatic carbocycles. The molecule has 0 unspecified atom stereocenters. The zero-order valence-electron chi connectivity index (χ0n) is 13.9. The number of carboxylic acids is 2. The standard InChI is InChI=1S/2C8H16O2.Cd/c2*1-2-3-4-5-6-7-8(9)10;/h2*2-7H2,1H3,(H,9,10);. The molecule has 0 atom stereocenters. The maximum Gasteiger partial charge on any atom is 0.303 e. The SMILES string of the molecule is CCCCCCCC(=O)O.CCCCCCCC(=O)O.[Cd]. The van der Waals surface area contributed by atoms with Crippen LogP contribution >= 0.6 is 0 Å². The molecule has 2 N–H and O–H groups in total. The summed E-state index contributed by atoms with van der Waals surface area (Å²) in [4.78, 5) is 20.1. The zero-order valence-corrected chi connectivity index (χ0v) is 17.9. The normalized spacial score (nSPS) is 9.24. The van der Waals surface area contributed by atoms with Gasteiger partial charge in [0.15, 0.2) is 0 Å². The third-order valence-electron chi connectivity index (χ3n) is 2.99. The van der Waals surface area contributed by atoms with Crippen LogP contribution in [0.25, 0.3) is 0 Å². The number of carbonyl (C=O) groups is 2. The Bertz CT molecular complexity index is 208. The number of carboxylic acid groups (broad SMARTS) is 2. The average molecular weight is 401 g/mol. The number of hydrogen-bond acceptors (Lipinski definition) is 2. The predicted molar refractivity (Wildman–Crippen MR) is 82.0 cm³/mol. The van der Waals surface area contributed by atoms with Gasteiger partial charge in [0.1, 0.15) is 0 Å². The van der Waals surface area contributed by atoms with Gasteiger partial charge in [-0.2, -0.15) is 0 Å². The van der Waals surface area contributed by atoms with Crippen LogP contribution in [0.1, 0.15) is 90.9 Å².